The predicted octanol–water partition coefficient (Wildman–Crippen LogP) is 22.1. The van der Waals surface area contributed by atoms with Crippen LogP contribution in [0.2, 0.25) is 0 Å². The third-order valence-electron chi connectivity index (χ3n) is 16.7. The SMILES string of the molecule is CCCCC/C=C\C/C=C\C/C=C\C/C=C\CCCCCCCCCCCCCCCCCC(=O)OCC(O)COP(=O)(O)OCC(O)COP(=O)(O)OCC(COC(=O)CCCCCCC/C=C\CCCCCCCC)OC(=O)CCCCCCCCCCCCCCC. The van der Waals surface area contributed by atoms with Gasteiger partial charge in [0.15, 0.2) is 6.10 Å². The number of carbonyl (C=O) groups excluding carboxylic acids is 3. The van der Waals surface area contributed by atoms with E-state index in [1.54, 1.807) is 0 Å². The van der Waals surface area contributed by atoms with Crippen molar-refractivity contribution in [1.82, 2.24) is 0 Å². The highest BCUT2D eigenvalue weighted by molar-refractivity contribution is 7.47. The molecule has 0 bridgehead atoms. The van der Waals surface area contributed by atoms with Gasteiger partial charge in [-0.3, -0.25) is 32.5 Å². The molecule has 5 unspecified atom stereocenters. The fourth-order valence-corrected chi connectivity index (χ4v) is 12.4. The number of allylic oxidation sites excluding steroid dienone is 10. The Labute approximate surface area is 580 Å². The van der Waals surface area contributed by atoms with Crippen LogP contribution in [0.1, 0.15) is 355 Å². The number of hydrogen-bond acceptors (Lipinski definition) is 14. The molecule has 0 saturated carbocycles. The van der Waals surface area contributed by atoms with Gasteiger partial charge in [-0.1, -0.05) is 306 Å². The van der Waals surface area contributed by atoms with Crippen LogP contribution >= 0.6 is 15.6 Å². The van der Waals surface area contributed by atoms with Gasteiger partial charge in [0.1, 0.15) is 25.4 Å². The Morgan fingerprint density at radius 3 is 0.863 bits per heavy atom. The number of phosphoric acid groups is 2. The number of rotatable bonds is 74. The van der Waals surface area contributed by atoms with Crippen LogP contribution in [0.3, 0.4) is 0 Å². The molecule has 556 valence electrons. The molecule has 0 aromatic carbocycles. The first-order valence-corrected chi connectivity index (χ1v) is 41.6. The first kappa shape index (κ1) is 92.2. The summed E-state index contributed by atoms with van der Waals surface area (Å²) >= 11 is 0. The van der Waals surface area contributed by atoms with Crippen molar-refractivity contribution < 1.29 is 75.8 Å². The quantitative estimate of drug-likeness (QED) is 0.0146. The van der Waals surface area contributed by atoms with Crippen molar-refractivity contribution in [2.24, 2.45) is 0 Å². The average molecular weight is 1390 g/mol. The van der Waals surface area contributed by atoms with Crippen LogP contribution in [0, 0.1) is 0 Å². The second-order valence-electron chi connectivity index (χ2n) is 26.2. The van der Waals surface area contributed by atoms with Crippen LogP contribution in [-0.4, -0.2) is 95.9 Å². The van der Waals surface area contributed by atoms with E-state index in [1.165, 1.54) is 193 Å². The third-order valence-corrected chi connectivity index (χ3v) is 18.6. The van der Waals surface area contributed by atoms with Crippen molar-refractivity contribution >= 4 is 33.6 Å². The molecule has 0 fully saturated rings. The van der Waals surface area contributed by atoms with Gasteiger partial charge in [-0.05, 0) is 89.9 Å². The summed E-state index contributed by atoms with van der Waals surface area (Å²) in [5.41, 5.74) is 0. The molecular formula is C77H142O16P2. The molecule has 4 N–H and O–H groups in total. The largest absolute Gasteiger partial charge is 0.472 e. The van der Waals surface area contributed by atoms with Crippen molar-refractivity contribution in [1.29, 1.82) is 0 Å². The van der Waals surface area contributed by atoms with Crippen LogP contribution in [0.4, 0.5) is 0 Å². The minimum Gasteiger partial charge on any atom is -0.463 e. The van der Waals surface area contributed by atoms with E-state index in [4.69, 9.17) is 32.3 Å². The molecule has 0 aromatic rings. The summed E-state index contributed by atoms with van der Waals surface area (Å²) in [6.07, 6.45) is 75.7. The number of unbranched alkanes of at least 4 members (excludes halogenated alkanes) is 41. The van der Waals surface area contributed by atoms with E-state index in [2.05, 4.69) is 81.5 Å². The predicted molar refractivity (Wildman–Crippen MR) is 390 cm³/mol. The molecule has 0 aliphatic heterocycles. The van der Waals surface area contributed by atoms with Crippen LogP contribution < -0.4 is 0 Å². The van der Waals surface area contributed by atoms with E-state index in [-0.39, 0.29) is 19.3 Å². The lowest BCUT2D eigenvalue weighted by Gasteiger charge is -2.21. The monoisotopic (exact) mass is 1380 g/mol. The average Bonchev–Trinajstić information content (AvgIpc) is 1.75. The summed E-state index contributed by atoms with van der Waals surface area (Å²) in [5, 5.41) is 20.6. The number of esters is 3. The van der Waals surface area contributed by atoms with Crippen LogP contribution in [0.15, 0.2) is 60.8 Å². The Hall–Kier alpha value is -2.75. The lowest BCUT2D eigenvalue weighted by atomic mass is 10.0. The Balaban J connectivity index is 4.37. The summed E-state index contributed by atoms with van der Waals surface area (Å²) in [4.78, 5) is 58.5. The summed E-state index contributed by atoms with van der Waals surface area (Å²) in [6.45, 7) is 2.69. The van der Waals surface area contributed by atoms with E-state index < -0.39 is 91.5 Å². The smallest absolute Gasteiger partial charge is 0.463 e. The fourth-order valence-electron chi connectivity index (χ4n) is 10.8. The van der Waals surface area contributed by atoms with Crippen LogP contribution in [-0.2, 0) is 55.8 Å². The molecule has 95 heavy (non-hydrogen) atoms. The molecule has 16 nitrogen and oxygen atoms in total. The van der Waals surface area contributed by atoms with Gasteiger partial charge in [-0.15, -0.1) is 0 Å². The Bertz CT molecular complexity index is 1980. The summed E-state index contributed by atoms with van der Waals surface area (Å²) < 4.78 is 61.0. The zero-order chi connectivity index (χ0) is 69.5. The van der Waals surface area contributed by atoms with Gasteiger partial charge in [0.05, 0.1) is 26.4 Å². The summed E-state index contributed by atoms with van der Waals surface area (Å²) in [5.74, 6) is -1.56. The van der Waals surface area contributed by atoms with E-state index in [1.807, 2.05) is 0 Å². The minimum absolute atomic E-state index is 0.110. The van der Waals surface area contributed by atoms with Gasteiger partial charge in [-0.25, -0.2) is 9.13 Å². The molecule has 0 saturated heterocycles. The Kier molecular flexibility index (Phi) is 69.0. The number of phosphoric ester groups is 2. The highest BCUT2D eigenvalue weighted by Crippen LogP contribution is 2.45. The maximum absolute atomic E-state index is 12.9. The number of ether oxygens (including phenoxy) is 3. The third kappa shape index (κ3) is 72.3. The first-order valence-electron chi connectivity index (χ1n) is 38.6. The molecule has 0 aliphatic rings. The second kappa shape index (κ2) is 71.1. The highest BCUT2D eigenvalue weighted by atomic mass is 31.2. The lowest BCUT2D eigenvalue weighted by molar-refractivity contribution is -0.161. The molecule has 0 rings (SSSR count). The maximum Gasteiger partial charge on any atom is 0.472 e. The molecule has 0 amide bonds. The van der Waals surface area contributed by atoms with Crippen molar-refractivity contribution in [3.05, 3.63) is 60.8 Å². The number of hydrogen-bond donors (Lipinski definition) is 4. The van der Waals surface area contributed by atoms with Gasteiger partial charge in [0, 0.05) is 19.3 Å². The Morgan fingerprint density at radius 1 is 0.295 bits per heavy atom. The number of carbonyl (C=O) groups is 3. The van der Waals surface area contributed by atoms with E-state index in [0.29, 0.717) is 19.3 Å². The van der Waals surface area contributed by atoms with E-state index in [9.17, 15) is 43.5 Å². The standard InChI is InChI=1S/C77H142O16P2/c1-4-7-10-13-16-19-22-25-27-28-29-30-31-32-33-34-35-36-37-38-39-40-41-42-44-47-48-51-54-57-60-63-75(80)87-66-72(78)67-89-94(83,84)90-68-73(79)69-91-95(85,86)92-71-74(93-77(82)65-62-59-56-53-50-45-24-21-18-15-12-9-6-3)70-88-76(81)64-61-58-55-52-49-46-43-26-23-20-17-14-11-8-5-2/h16,19,25-27,29-30,32-33,43,72-74,78-79H,4-15,17-18,20-24,28,31,34-42,44-71H2,1-3H3,(H,83,84)(H,85,86)/b19-16-,27-25-,30-29-,33-32-,43-26-. The molecule has 0 radical (unpaired) electrons. The van der Waals surface area contributed by atoms with Crippen molar-refractivity contribution in [2.75, 3.05) is 39.6 Å². The second-order valence-corrected chi connectivity index (χ2v) is 29.1. The summed E-state index contributed by atoms with van der Waals surface area (Å²) in [6, 6.07) is 0. The lowest BCUT2D eigenvalue weighted by Crippen LogP contribution is -2.30. The normalized spacial score (nSPS) is 14.4. The van der Waals surface area contributed by atoms with Gasteiger partial charge in [0.25, 0.3) is 0 Å². The molecule has 18 heteroatoms. The molecule has 0 aromatic heterocycles. The number of aliphatic hydroxyl groups is 2. The van der Waals surface area contributed by atoms with Crippen molar-refractivity contribution in [2.45, 2.75) is 373 Å². The van der Waals surface area contributed by atoms with Gasteiger partial charge < -0.3 is 34.2 Å². The first-order chi connectivity index (χ1) is 46.2. The molecule has 5 atom stereocenters. The van der Waals surface area contributed by atoms with Crippen molar-refractivity contribution in [3.63, 3.8) is 0 Å². The number of aliphatic hydroxyl groups excluding tert-OH is 2. The van der Waals surface area contributed by atoms with Gasteiger partial charge in [-0.2, -0.15) is 0 Å². The zero-order valence-corrected chi connectivity index (χ0v) is 62.4. The Morgan fingerprint density at radius 2 is 0.526 bits per heavy atom. The molecule has 0 heterocycles. The van der Waals surface area contributed by atoms with Crippen LogP contribution in [0.5, 0.6) is 0 Å². The maximum atomic E-state index is 12.9. The molecule has 0 aliphatic carbocycles. The summed E-state index contributed by atoms with van der Waals surface area (Å²) in [7, 11) is -9.76. The fraction of sp³-hybridized carbons (Fsp3) is 0.831. The van der Waals surface area contributed by atoms with Crippen LogP contribution in [0.25, 0.3) is 0 Å². The van der Waals surface area contributed by atoms with Gasteiger partial charge in [0.2, 0.25) is 0 Å². The highest BCUT2D eigenvalue weighted by Gasteiger charge is 2.29. The topological polar surface area (TPSA) is 231 Å². The zero-order valence-electron chi connectivity index (χ0n) is 60.6. The van der Waals surface area contributed by atoms with E-state index >= 15 is 0 Å². The van der Waals surface area contributed by atoms with E-state index in [0.717, 1.165) is 103 Å². The van der Waals surface area contributed by atoms with Gasteiger partial charge >= 0.3 is 33.6 Å². The molecule has 0 spiro atoms. The van der Waals surface area contributed by atoms with Crippen molar-refractivity contribution in [3.8, 4) is 0 Å². The minimum atomic E-state index is -4.92. The molecular weight excluding hydrogens is 1240 g/mol.